The van der Waals surface area contributed by atoms with Gasteiger partial charge in [-0.3, -0.25) is 0 Å². The minimum atomic E-state index is -4.38. The number of aromatic nitrogens is 2. The van der Waals surface area contributed by atoms with E-state index in [-0.39, 0.29) is 11.5 Å². The number of nitrogens with zero attached hydrogens (tertiary/aromatic N) is 3. The van der Waals surface area contributed by atoms with Gasteiger partial charge >= 0.3 is 12.1 Å². The van der Waals surface area contributed by atoms with Crippen molar-refractivity contribution in [1.29, 1.82) is 0 Å². The highest BCUT2D eigenvalue weighted by Gasteiger charge is 2.33. The molecule has 1 aromatic heterocycles. The minimum absolute atomic E-state index is 0.146. The second-order valence-electron chi connectivity index (χ2n) is 3.91. The van der Waals surface area contributed by atoms with Crippen LogP contribution in [-0.2, 0) is 0 Å². The highest BCUT2D eigenvalue weighted by Crippen LogP contribution is 2.21. The zero-order valence-electron chi connectivity index (χ0n) is 9.77. The van der Waals surface area contributed by atoms with Gasteiger partial charge in [0.15, 0.2) is 0 Å². The molecule has 1 N–H and O–H groups in total. The second kappa shape index (κ2) is 5.19. The molecule has 0 aromatic carbocycles. The molecule has 0 aliphatic heterocycles. The van der Waals surface area contributed by atoms with Crippen LogP contribution in [0.15, 0.2) is 12.4 Å². The summed E-state index contributed by atoms with van der Waals surface area (Å²) in [5.74, 6) is -1.37. The predicted octanol–water partition coefficient (Wildman–Crippen LogP) is 1.95. The van der Waals surface area contributed by atoms with Gasteiger partial charge in [-0.1, -0.05) is 0 Å². The van der Waals surface area contributed by atoms with Gasteiger partial charge in [-0.2, -0.15) is 13.2 Å². The predicted molar refractivity (Wildman–Crippen MR) is 57.5 cm³/mol. The molecule has 1 aromatic rings. The van der Waals surface area contributed by atoms with E-state index in [1.54, 1.807) is 13.8 Å². The van der Waals surface area contributed by atoms with Crippen LogP contribution in [0.5, 0.6) is 0 Å². The van der Waals surface area contributed by atoms with E-state index in [4.69, 9.17) is 5.11 Å². The van der Waals surface area contributed by atoms with Gasteiger partial charge in [0.05, 0.1) is 5.56 Å². The summed E-state index contributed by atoms with van der Waals surface area (Å²) in [6.45, 7) is 1.96. The molecule has 0 amide bonds. The summed E-state index contributed by atoms with van der Waals surface area (Å²) in [4.78, 5) is 18.8. The average molecular weight is 263 g/mol. The van der Waals surface area contributed by atoms with Gasteiger partial charge in [0.1, 0.15) is 6.54 Å². The number of hydrogen-bond donors (Lipinski definition) is 1. The van der Waals surface area contributed by atoms with Gasteiger partial charge in [0.25, 0.3) is 0 Å². The maximum Gasteiger partial charge on any atom is 0.406 e. The van der Waals surface area contributed by atoms with Crippen LogP contribution in [0.25, 0.3) is 0 Å². The van der Waals surface area contributed by atoms with Crippen molar-refractivity contribution in [1.82, 2.24) is 9.97 Å². The number of halogens is 3. The molecular formula is C10H12F3N3O2. The van der Waals surface area contributed by atoms with Crippen molar-refractivity contribution in [2.75, 3.05) is 11.4 Å². The van der Waals surface area contributed by atoms with Crippen LogP contribution in [0.1, 0.15) is 24.2 Å². The lowest BCUT2D eigenvalue weighted by Gasteiger charge is -2.27. The number of rotatable bonds is 4. The standard InChI is InChI=1S/C10H12F3N3O2/c1-6(2)16(5-10(11,12)13)9-14-3-7(4-15-9)8(17)18/h3-4,6H,5H2,1-2H3,(H,17,18). The maximum absolute atomic E-state index is 12.4. The highest BCUT2D eigenvalue weighted by molar-refractivity contribution is 5.86. The lowest BCUT2D eigenvalue weighted by molar-refractivity contribution is -0.120. The van der Waals surface area contributed by atoms with Crippen LogP contribution in [0.2, 0.25) is 0 Å². The third kappa shape index (κ3) is 3.86. The molecule has 0 atom stereocenters. The van der Waals surface area contributed by atoms with Crippen LogP contribution in [0.4, 0.5) is 19.1 Å². The summed E-state index contributed by atoms with van der Waals surface area (Å²) in [5, 5.41) is 8.64. The van der Waals surface area contributed by atoms with E-state index in [0.29, 0.717) is 0 Å². The molecule has 0 unspecified atom stereocenters. The molecule has 0 aliphatic carbocycles. The topological polar surface area (TPSA) is 66.3 Å². The van der Waals surface area contributed by atoms with Gasteiger partial charge in [0.2, 0.25) is 5.95 Å². The molecule has 0 spiro atoms. The van der Waals surface area contributed by atoms with Crippen molar-refractivity contribution < 1.29 is 23.1 Å². The quantitative estimate of drug-likeness (QED) is 0.899. The van der Waals surface area contributed by atoms with Gasteiger partial charge in [0, 0.05) is 18.4 Å². The molecule has 100 valence electrons. The van der Waals surface area contributed by atoms with E-state index in [9.17, 15) is 18.0 Å². The second-order valence-corrected chi connectivity index (χ2v) is 3.91. The molecule has 0 saturated heterocycles. The van der Waals surface area contributed by atoms with E-state index in [1.165, 1.54) is 0 Å². The first-order valence-corrected chi connectivity index (χ1v) is 5.09. The van der Waals surface area contributed by atoms with Crippen molar-refractivity contribution in [3.05, 3.63) is 18.0 Å². The number of aromatic carboxylic acids is 1. The van der Waals surface area contributed by atoms with Crippen LogP contribution in [-0.4, -0.2) is 39.8 Å². The molecule has 0 bridgehead atoms. The summed E-state index contributed by atoms with van der Waals surface area (Å²) in [5.41, 5.74) is -0.172. The van der Waals surface area contributed by atoms with Crippen molar-refractivity contribution >= 4 is 11.9 Å². The summed E-state index contributed by atoms with van der Waals surface area (Å²) >= 11 is 0. The SMILES string of the molecule is CC(C)N(CC(F)(F)F)c1ncc(C(=O)O)cn1. The van der Waals surface area contributed by atoms with Gasteiger partial charge in [-0.05, 0) is 13.8 Å². The Balaban J connectivity index is 2.96. The Morgan fingerprint density at radius 3 is 2.22 bits per heavy atom. The Kier molecular flexibility index (Phi) is 4.10. The molecule has 0 saturated carbocycles. The van der Waals surface area contributed by atoms with Gasteiger partial charge in [-0.15, -0.1) is 0 Å². The first-order chi connectivity index (χ1) is 8.20. The number of carbonyl (C=O) groups is 1. The van der Waals surface area contributed by atoms with Crippen molar-refractivity contribution in [3.63, 3.8) is 0 Å². The fraction of sp³-hybridized carbons (Fsp3) is 0.500. The van der Waals surface area contributed by atoms with E-state index < -0.39 is 24.7 Å². The molecular weight excluding hydrogens is 251 g/mol. The smallest absolute Gasteiger partial charge is 0.406 e. The van der Waals surface area contributed by atoms with Gasteiger partial charge < -0.3 is 10.0 Å². The van der Waals surface area contributed by atoms with E-state index in [0.717, 1.165) is 17.3 Å². The molecule has 0 radical (unpaired) electrons. The molecule has 1 rings (SSSR count). The summed E-state index contributed by atoms with van der Waals surface area (Å²) in [6.07, 6.45) is -2.41. The molecule has 1 heterocycles. The zero-order chi connectivity index (χ0) is 13.9. The Labute approximate surface area is 101 Å². The van der Waals surface area contributed by atoms with Crippen molar-refractivity contribution in [3.8, 4) is 0 Å². The van der Waals surface area contributed by atoms with E-state index in [2.05, 4.69) is 9.97 Å². The van der Waals surface area contributed by atoms with Crippen LogP contribution < -0.4 is 4.90 Å². The molecule has 0 fully saturated rings. The number of anilines is 1. The van der Waals surface area contributed by atoms with Crippen molar-refractivity contribution in [2.45, 2.75) is 26.1 Å². The average Bonchev–Trinajstić information content (AvgIpc) is 2.24. The lowest BCUT2D eigenvalue weighted by atomic mass is 10.3. The summed E-state index contributed by atoms with van der Waals surface area (Å²) < 4.78 is 37.1. The number of carboxylic acid groups (broad SMARTS) is 1. The zero-order valence-corrected chi connectivity index (χ0v) is 9.77. The third-order valence-corrected chi connectivity index (χ3v) is 2.12. The van der Waals surface area contributed by atoms with Crippen LogP contribution in [0, 0.1) is 0 Å². The Morgan fingerprint density at radius 1 is 1.39 bits per heavy atom. The maximum atomic E-state index is 12.4. The van der Waals surface area contributed by atoms with Gasteiger partial charge in [-0.25, -0.2) is 14.8 Å². The molecule has 18 heavy (non-hydrogen) atoms. The minimum Gasteiger partial charge on any atom is -0.478 e. The number of carboxylic acids is 1. The largest absolute Gasteiger partial charge is 0.478 e. The number of alkyl halides is 3. The first-order valence-electron chi connectivity index (χ1n) is 5.09. The molecule has 5 nitrogen and oxygen atoms in total. The third-order valence-electron chi connectivity index (χ3n) is 2.12. The molecule has 0 aliphatic rings. The van der Waals surface area contributed by atoms with Crippen molar-refractivity contribution in [2.24, 2.45) is 0 Å². The molecule has 8 heteroatoms. The fourth-order valence-corrected chi connectivity index (χ4v) is 1.26. The lowest BCUT2D eigenvalue weighted by Crippen LogP contribution is -2.40. The fourth-order valence-electron chi connectivity index (χ4n) is 1.26. The summed E-state index contributed by atoms with van der Waals surface area (Å²) in [7, 11) is 0. The monoisotopic (exact) mass is 263 g/mol. The van der Waals surface area contributed by atoms with E-state index >= 15 is 0 Å². The first kappa shape index (κ1) is 14.2. The summed E-state index contributed by atoms with van der Waals surface area (Å²) in [6, 6.07) is -0.456. The van der Waals surface area contributed by atoms with Crippen LogP contribution >= 0.6 is 0 Å². The Morgan fingerprint density at radius 2 is 1.89 bits per heavy atom. The van der Waals surface area contributed by atoms with Crippen LogP contribution in [0.3, 0.4) is 0 Å². The normalized spacial score (nSPS) is 11.7. The highest BCUT2D eigenvalue weighted by atomic mass is 19.4. The Bertz CT molecular complexity index is 417. The number of hydrogen-bond acceptors (Lipinski definition) is 4. The van der Waals surface area contributed by atoms with E-state index in [1.807, 2.05) is 0 Å². The Hall–Kier alpha value is -1.86.